The number of nitrogens with zero attached hydrogens (tertiary/aromatic N) is 2. The number of carboxylic acids is 1. The summed E-state index contributed by atoms with van der Waals surface area (Å²) < 4.78 is 6.17. The van der Waals surface area contributed by atoms with Gasteiger partial charge in [-0.2, -0.15) is 5.10 Å². The Hall–Kier alpha value is -2.19. The van der Waals surface area contributed by atoms with Crippen LogP contribution in [0, 0.1) is 0 Å². The molecule has 142 valence electrons. The fourth-order valence-electron chi connectivity index (χ4n) is 4.65. The van der Waals surface area contributed by atoms with Gasteiger partial charge in [-0.05, 0) is 43.7 Å². The molecule has 4 heterocycles. The van der Waals surface area contributed by atoms with Gasteiger partial charge in [-0.3, -0.25) is 9.89 Å². The quantitative estimate of drug-likeness (QED) is 0.825. The second-order valence-electron chi connectivity index (χ2n) is 7.52. The van der Waals surface area contributed by atoms with E-state index in [1.54, 1.807) is 6.07 Å². The number of carbonyl (C=O) groups excluding carboxylic acids is 1. The molecule has 27 heavy (non-hydrogen) atoms. The van der Waals surface area contributed by atoms with Gasteiger partial charge in [-0.15, -0.1) is 11.3 Å². The highest BCUT2D eigenvalue weighted by atomic mass is 32.1. The molecule has 0 atom stereocenters. The molecule has 1 fully saturated rings. The number of H-pyrrole nitrogens is 1. The number of hydrogen-bond donors (Lipinski definition) is 2. The predicted molar refractivity (Wildman–Crippen MR) is 98.4 cm³/mol. The third-order valence-electron chi connectivity index (χ3n) is 6.09. The van der Waals surface area contributed by atoms with E-state index in [-0.39, 0.29) is 5.91 Å². The number of likely N-dealkylation sites (tertiary alicyclic amines) is 1. The molecule has 1 amide bonds. The summed E-state index contributed by atoms with van der Waals surface area (Å²) in [6.07, 6.45) is 5.11. The van der Waals surface area contributed by atoms with Crippen molar-refractivity contribution >= 4 is 23.2 Å². The number of carbonyl (C=O) groups is 2. The van der Waals surface area contributed by atoms with Crippen LogP contribution in [0.25, 0.3) is 0 Å². The number of aromatic amines is 1. The lowest BCUT2D eigenvalue weighted by atomic mass is 9.82. The predicted octanol–water partition coefficient (Wildman–Crippen LogP) is 2.36. The number of nitrogens with one attached hydrogen (secondary N) is 1. The van der Waals surface area contributed by atoms with Crippen molar-refractivity contribution in [3.63, 3.8) is 0 Å². The van der Waals surface area contributed by atoms with Crippen molar-refractivity contribution in [2.75, 3.05) is 19.7 Å². The van der Waals surface area contributed by atoms with Gasteiger partial charge in [0.2, 0.25) is 0 Å². The van der Waals surface area contributed by atoms with Gasteiger partial charge in [-0.25, -0.2) is 4.79 Å². The van der Waals surface area contributed by atoms with E-state index in [1.165, 1.54) is 11.3 Å². The van der Waals surface area contributed by atoms with Gasteiger partial charge in [0.15, 0.2) is 5.69 Å². The Bertz CT molecular complexity index is 924. The van der Waals surface area contributed by atoms with Crippen LogP contribution in [0.2, 0.25) is 0 Å². The second kappa shape index (κ2) is 6.17. The Morgan fingerprint density at radius 1 is 1.26 bits per heavy atom. The Balaban J connectivity index is 1.36. The van der Waals surface area contributed by atoms with Gasteiger partial charge in [0.25, 0.3) is 5.91 Å². The van der Waals surface area contributed by atoms with E-state index < -0.39 is 11.6 Å². The van der Waals surface area contributed by atoms with Crippen LogP contribution in [0.3, 0.4) is 0 Å². The summed E-state index contributed by atoms with van der Waals surface area (Å²) in [5.41, 5.74) is 3.32. The molecule has 8 heteroatoms. The third kappa shape index (κ3) is 2.62. The molecule has 2 aromatic rings. The topological polar surface area (TPSA) is 95.5 Å². The first-order valence-corrected chi connectivity index (χ1v) is 10.2. The van der Waals surface area contributed by atoms with Crippen molar-refractivity contribution in [1.82, 2.24) is 15.1 Å². The lowest BCUT2D eigenvalue weighted by molar-refractivity contribution is -0.0927. The zero-order valence-electron chi connectivity index (χ0n) is 14.9. The summed E-state index contributed by atoms with van der Waals surface area (Å²) in [5, 5.41) is 16.6. The summed E-state index contributed by atoms with van der Waals surface area (Å²) in [6.45, 7) is 1.80. The van der Waals surface area contributed by atoms with E-state index in [9.17, 15) is 14.7 Å². The highest BCUT2D eigenvalue weighted by Crippen LogP contribution is 2.44. The second-order valence-corrected chi connectivity index (χ2v) is 8.66. The van der Waals surface area contributed by atoms with Gasteiger partial charge in [0, 0.05) is 35.6 Å². The number of rotatable bonds is 2. The van der Waals surface area contributed by atoms with Gasteiger partial charge in [0.1, 0.15) is 4.88 Å². The first-order valence-electron chi connectivity index (χ1n) is 9.43. The summed E-state index contributed by atoms with van der Waals surface area (Å²) in [7, 11) is 0. The van der Waals surface area contributed by atoms with E-state index in [0.717, 1.165) is 47.4 Å². The van der Waals surface area contributed by atoms with Crippen molar-refractivity contribution < 1.29 is 19.4 Å². The van der Waals surface area contributed by atoms with Crippen LogP contribution in [0.4, 0.5) is 0 Å². The molecule has 7 nitrogen and oxygen atoms in total. The molecular formula is C19H21N3O4S. The molecule has 1 aliphatic carbocycles. The molecule has 5 rings (SSSR count). The summed E-state index contributed by atoms with van der Waals surface area (Å²) in [6, 6.07) is 1.78. The largest absolute Gasteiger partial charge is 0.477 e. The molecule has 0 unspecified atom stereocenters. The molecule has 0 aromatic carbocycles. The van der Waals surface area contributed by atoms with E-state index in [1.807, 2.05) is 4.90 Å². The lowest BCUT2D eigenvalue weighted by Crippen LogP contribution is -2.48. The standard InChI is InChI=1S/C19H21N3O4S/c23-17(16-11-2-1-3-13(11)20-21-16)22-7-5-19(6-8-22)12-10-15(18(24)25)27-14(12)4-9-26-19/h10H,1-9H2,(H,20,21)(H,24,25). The average Bonchev–Trinajstić information content (AvgIpc) is 3.37. The van der Waals surface area contributed by atoms with Crippen molar-refractivity contribution in [3.05, 3.63) is 38.3 Å². The van der Waals surface area contributed by atoms with E-state index in [2.05, 4.69) is 10.2 Å². The van der Waals surface area contributed by atoms with Crippen LogP contribution in [0.5, 0.6) is 0 Å². The number of carboxylic acid groups (broad SMARTS) is 1. The molecular weight excluding hydrogens is 366 g/mol. The lowest BCUT2D eigenvalue weighted by Gasteiger charge is -2.44. The van der Waals surface area contributed by atoms with Crippen LogP contribution in [-0.4, -0.2) is 51.8 Å². The third-order valence-corrected chi connectivity index (χ3v) is 7.27. The molecule has 0 radical (unpaired) electrons. The first kappa shape index (κ1) is 16.9. The van der Waals surface area contributed by atoms with E-state index >= 15 is 0 Å². The maximum Gasteiger partial charge on any atom is 0.345 e. The highest BCUT2D eigenvalue weighted by Gasteiger charge is 2.43. The number of piperidine rings is 1. The average molecular weight is 387 g/mol. The Morgan fingerprint density at radius 2 is 2.07 bits per heavy atom. The monoisotopic (exact) mass is 387 g/mol. The molecule has 0 bridgehead atoms. The van der Waals surface area contributed by atoms with E-state index in [4.69, 9.17) is 4.74 Å². The first-order chi connectivity index (χ1) is 13.1. The molecule has 2 aromatic heterocycles. The van der Waals surface area contributed by atoms with Gasteiger partial charge < -0.3 is 14.7 Å². The van der Waals surface area contributed by atoms with Crippen LogP contribution in [0.1, 0.15) is 61.1 Å². The molecule has 1 saturated heterocycles. The smallest absolute Gasteiger partial charge is 0.345 e. The number of aromatic nitrogens is 2. The maximum atomic E-state index is 13.0. The zero-order chi connectivity index (χ0) is 18.6. The number of aryl methyl sites for hydroxylation is 1. The zero-order valence-corrected chi connectivity index (χ0v) is 15.7. The normalized spacial score (nSPS) is 20.5. The Morgan fingerprint density at radius 3 is 2.85 bits per heavy atom. The molecule has 1 spiro atoms. The number of aromatic carboxylic acids is 1. The molecule has 0 saturated carbocycles. The minimum Gasteiger partial charge on any atom is -0.477 e. The number of fused-ring (bicyclic) bond motifs is 3. The van der Waals surface area contributed by atoms with Crippen LogP contribution >= 0.6 is 11.3 Å². The van der Waals surface area contributed by atoms with Crippen LogP contribution in [-0.2, 0) is 29.6 Å². The minimum atomic E-state index is -0.885. The van der Waals surface area contributed by atoms with E-state index in [0.29, 0.717) is 43.1 Å². The van der Waals surface area contributed by atoms with Gasteiger partial charge in [0.05, 0.1) is 12.2 Å². The SMILES string of the molecule is O=C(O)c1cc2c(s1)CCOC21CCN(C(=O)c2n[nH]c3c2CCC3)CC1. The van der Waals surface area contributed by atoms with Crippen molar-refractivity contribution in [2.45, 2.75) is 44.1 Å². The summed E-state index contributed by atoms with van der Waals surface area (Å²) >= 11 is 1.36. The van der Waals surface area contributed by atoms with Crippen molar-refractivity contribution in [1.29, 1.82) is 0 Å². The summed E-state index contributed by atoms with van der Waals surface area (Å²) in [5.74, 6) is -0.888. The molecule has 2 aliphatic heterocycles. The van der Waals surface area contributed by atoms with Gasteiger partial charge >= 0.3 is 5.97 Å². The van der Waals surface area contributed by atoms with Crippen LogP contribution < -0.4 is 0 Å². The number of ether oxygens (including phenoxy) is 1. The number of thiophene rings is 1. The van der Waals surface area contributed by atoms with Crippen LogP contribution in [0.15, 0.2) is 6.07 Å². The minimum absolute atomic E-state index is 0.00294. The molecule has 3 aliphatic rings. The fourth-order valence-corrected chi connectivity index (χ4v) is 5.72. The molecule has 2 N–H and O–H groups in total. The highest BCUT2D eigenvalue weighted by molar-refractivity contribution is 7.14. The van der Waals surface area contributed by atoms with Crippen molar-refractivity contribution in [3.8, 4) is 0 Å². The number of hydrogen-bond acceptors (Lipinski definition) is 5. The maximum absolute atomic E-state index is 13.0. The number of amides is 1. The Labute approximate surface area is 160 Å². The van der Waals surface area contributed by atoms with Crippen molar-refractivity contribution in [2.24, 2.45) is 0 Å². The van der Waals surface area contributed by atoms with Gasteiger partial charge in [-0.1, -0.05) is 0 Å². The Kier molecular flexibility index (Phi) is 3.87. The fraction of sp³-hybridized carbons (Fsp3) is 0.526. The summed E-state index contributed by atoms with van der Waals surface area (Å²) in [4.78, 5) is 27.7.